The summed E-state index contributed by atoms with van der Waals surface area (Å²) in [6.07, 6.45) is 0. The lowest BCUT2D eigenvalue weighted by Crippen LogP contribution is -2.11. The third-order valence-electron chi connectivity index (χ3n) is 7.34. The van der Waals surface area contributed by atoms with E-state index in [0.29, 0.717) is 16.1 Å². The van der Waals surface area contributed by atoms with Crippen molar-refractivity contribution < 1.29 is 59.2 Å². The highest BCUT2D eigenvalue weighted by molar-refractivity contribution is 6.69. The molecule has 304 valence electrons. The summed E-state index contributed by atoms with van der Waals surface area (Å²) in [4.78, 5) is 43.9. The molecule has 22 heteroatoms. The summed E-state index contributed by atoms with van der Waals surface area (Å²) < 4.78 is 15.1. The molecular formula is C34H32Cl6N2O14. The first-order valence-corrected chi connectivity index (χ1v) is 17.0. The first-order valence-electron chi connectivity index (χ1n) is 15.1. The third kappa shape index (κ3) is 12.7. The van der Waals surface area contributed by atoms with E-state index in [1.54, 1.807) is 0 Å². The van der Waals surface area contributed by atoms with Crippen molar-refractivity contribution in [1.82, 2.24) is 0 Å². The van der Waals surface area contributed by atoms with Crippen molar-refractivity contribution in [1.29, 1.82) is 0 Å². The van der Waals surface area contributed by atoms with Crippen LogP contribution in [0.15, 0.2) is 48.5 Å². The van der Waals surface area contributed by atoms with Crippen LogP contribution < -0.4 is 9.47 Å². The molecule has 56 heavy (non-hydrogen) atoms. The standard InChI is InChI=1S/C17H15Cl2NO7.C9H11NO5.C8H5Cl3O2.ClH/c1-26-15-5-10(14(20(24)25)4-9(15)6-21)8-27-17(23)16-11(7-22)12(18)2-3-13(16)19;11-3-6-1-8(5-13)9(10(14)15)2-7(6)4-12;1-13-7-5(10)3-2-4(9)6(7)8(11)12;/h2-5,21-22H,6-8H2,1H3;1-2,11-13H,3-5H2;2-3H,1H3;1H. The van der Waals surface area contributed by atoms with Crippen LogP contribution in [0.2, 0.25) is 20.1 Å². The second-order valence-electron chi connectivity index (χ2n) is 10.5. The van der Waals surface area contributed by atoms with Crippen LogP contribution in [0.25, 0.3) is 0 Å². The molecule has 0 saturated heterocycles. The van der Waals surface area contributed by atoms with Gasteiger partial charge in [-0.05, 0) is 59.1 Å². The van der Waals surface area contributed by atoms with Crippen molar-refractivity contribution in [3.05, 3.63) is 133 Å². The van der Waals surface area contributed by atoms with Crippen LogP contribution in [0.4, 0.5) is 11.4 Å². The number of hydrogen-bond acceptors (Lipinski definition) is 14. The lowest BCUT2D eigenvalue weighted by Gasteiger charge is -2.13. The molecule has 0 aliphatic heterocycles. The van der Waals surface area contributed by atoms with Crippen molar-refractivity contribution in [2.24, 2.45) is 0 Å². The predicted molar refractivity (Wildman–Crippen MR) is 208 cm³/mol. The number of halogens is 6. The molecule has 0 amide bonds. The van der Waals surface area contributed by atoms with Gasteiger partial charge in [-0.15, -0.1) is 12.4 Å². The molecule has 4 aromatic carbocycles. The Morgan fingerprint density at radius 2 is 1.09 bits per heavy atom. The SMILES string of the molecule is COc1c(Cl)ccc(Cl)c1C(=O)Cl.COc1cc(COC(=O)c2c(Cl)ccc(Cl)c2CO)c([N+](=O)[O-])cc1CO.Cl.O=[N+]([O-])c1cc(CO)c(CO)cc1CO. The number of carbonyl (C=O) groups excluding carboxylic acids is 2. The van der Waals surface area contributed by atoms with E-state index in [2.05, 4.69) is 0 Å². The van der Waals surface area contributed by atoms with Gasteiger partial charge in [-0.1, -0.05) is 46.4 Å². The maximum Gasteiger partial charge on any atom is 0.340 e. The molecular weight excluding hydrogens is 873 g/mol. The minimum Gasteiger partial charge on any atom is -0.496 e. The fourth-order valence-corrected chi connectivity index (χ4v) is 5.85. The van der Waals surface area contributed by atoms with E-state index in [1.165, 1.54) is 50.6 Å². The van der Waals surface area contributed by atoms with E-state index in [-0.39, 0.29) is 96.9 Å². The number of methoxy groups -OCH3 is 2. The maximum atomic E-state index is 12.4. The van der Waals surface area contributed by atoms with E-state index < -0.39 is 47.5 Å². The van der Waals surface area contributed by atoms with E-state index in [4.69, 9.17) is 87.5 Å². The van der Waals surface area contributed by atoms with Gasteiger partial charge >= 0.3 is 5.97 Å². The number of carbonyl (C=O) groups is 2. The van der Waals surface area contributed by atoms with Gasteiger partial charge in [-0.25, -0.2) is 4.79 Å². The smallest absolute Gasteiger partial charge is 0.340 e. The number of ether oxygens (including phenoxy) is 3. The van der Waals surface area contributed by atoms with Crippen molar-refractivity contribution >= 4 is 93.0 Å². The Hall–Kier alpha value is -4.04. The minimum atomic E-state index is -0.897. The van der Waals surface area contributed by atoms with Crippen LogP contribution in [0.5, 0.6) is 11.5 Å². The van der Waals surface area contributed by atoms with Gasteiger partial charge in [-0.3, -0.25) is 25.0 Å². The molecule has 4 aromatic rings. The number of nitrogens with zero attached hydrogens (tertiary/aromatic N) is 2. The number of aliphatic hydroxyl groups is 5. The van der Waals surface area contributed by atoms with Crippen LogP contribution in [-0.2, 0) is 44.4 Å². The summed E-state index contributed by atoms with van der Waals surface area (Å²) in [5.41, 5.74) is 0.565. The zero-order valence-electron chi connectivity index (χ0n) is 29.0. The highest BCUT2D eigenvalue weighted by Gasteiger charge is 2.24. The van der Waals surface area contributed by atoms with Crippen molar-refractivity contribution in [2.75, 3.05) is 14.2 Å². The van der Waals surface area contributed by atoms with E-state index in [1.807, 2.05) is 0 Å². The summed E-state index contributed by atoms with van der Waals surface area (Å²) in [5, 5.41) is 67.3. The Balaban J connectivity index is 0.000000457. The van der Waals surface area contributed by atoms with Gasteiger partial charge in [0.25, 0.3) is 16.6 Å². The summed E-state index contributed by atoms with van der Waals surface area (Å²) in [6, 6.07) is 10.8. The fraction of sp³-hybridized carbons (Fsp3) is 0.235. The molecule has 0 heterocycles. The molecule has 0 fully saturated rings. The molecule has 0 spiro atoms. The average Bonchev–Trinajstić information content (AvgIpc) is 3.17. The minimum absolute atomic E-state index is 0. The predicted octanol–water partition coefficient (Wildman–Crippen LogP) is 7.13. The highest BCUT2D eigenvalue weighted by atomic mass is 35.5. The van der Waals surface area contributed by atoms with Gasteiger partial charge in [0.1, 0.15) is 12.4 Å². The highest BCUT2D eigenvalue weighted by Crippen LogP contribution is 2.35. The van der Waals surface area contributed by atoms with Crippen LogP contribution in [-0.4, -0.2) is 60.8 Å². The number of esters is 1. The molecule has 0 aromatic heterocycles. The first-order chi connectivity index (χ1) is 26.0. The van der Waals surface area contributed by atoms with Gasteiger partial charge in [0.2, 0.25) is 0 Å². The Bertz CT molecular complexity index is 2050. The summed E-state index contributed by atoms with van der Waals surface area (Å²) >= 11 is 28.7. The summed E-state index contributed by atoms with van der Waals surface area (Å²) in [6.45, 7) is -2.64. The van der Waals surface area contributed by atoms with Gasteiger partial charge in [0, 0.05) is 28.3 Å². The molecule has 4 rings (SSSR count). The Morgan fingerprint density at radius 1 is 0.625 bits per heavy atom. The summed E-state index contributed by atoms with van der Waals surface area (Å²) in [5.74, 6) is -0.480. The van der Waals surface area contributed by atoms with Gasteiger partial charge in [0.05, 0.1) is 94.4 Å². The second kappa shape index (κ2) is 23.9. The Labute approximate surface area is 349 Å². The molecule has 0 radical (unpaired) electrons. The van der Waals surface area contributed by atoms with Crippen LogP contribution >= 0.6 is 70.4 Å². The number of nitro benzene ring substituents is 2. The average molecular weight is 905 g/mol. The normalized spacial score (nSPS) is 10.1. The zero-order chi connectivity index (χ0) is 41.6. The maximum absolute atomic E-state index is 12.4. The van der Waals surface area contributed by atoms with Gasteiger partial charge in [0.15, 0.2) is 5.75 Å². The molecule has 0 unspecified atom stereocenters. The van der Waals surface area contributed by atoms with Gasteiger partial charge in [-0.2, -0.15) is 0 Å². The molecule has 16 nitrogen and oxygen atoms in total. The number of hydrogen-bond donors (Lipinski definition) is 5. The van der Waals surface area contributed by atoms with Crippen molar-refractivity contribution in [3.63, 3.8) is 0 Å². The molecule has 0 aliphatic carbocycles. The third-order valence-corrected chi connectivity index (χ3v) is 8.81. The topological polar surface area (TPSA) is 249 Å². The number of rotatable bonds is 13. The van der Waals surface area contributed by atoms with E-state index in [9.17, 15) is 40.0 Å². The monoisotopic (exact) mass is 902 g/mol. The first kappa shape index (κ1) is 50.0. The lowest BCUT2D eigenvalue weighted by molar-refractivity contribution is -0.386. The van der Waals surface area contributed by atoms with E-state index >= 15 is 0 Å². The second-order valence-corrected chi connectivity index (χ2v) is 12.5. The Kier molecular flexibility index (Phi) is 21.3. The van der Waals surface area contributed by atoms with E-state index in [0.717, 1.165) is 12.1 Å². The number of aliphatic hydroxyl groups excluding tert-OH is 5. The Morgan fingerprint density at radius 3 is 1.54 bits per heavy atom. The van der Waals surface area contributed by atoms with Crippen LogP contribution in [0, 0.1) is 20.2 Å². The summed E-state index contributed by atoms with van der Waals surface area (Å²) in [7, 11) is 2.73. The number of nitro groups is 2. The number of benzene rings is 4. The van der Waals surface area contributed by atoms with Crippen LogP contribution in [0.3, 0.4) is 0 Å². The molecule has 0 saturated carbocycles. The zero-order valence-corrected chi connectivity index (χ0v) is 33.6. The molecule has 0 aliphatic rings. The molecule has 0 bridgehead atoms. The fourth-order valence-electron chi connectivity index (χ4n) is 4.67. The van der Waals surface area contributed by atoms with Gasteiger partial charge < -0.3 is 39.7 Å². The molecule has 0 atom stereocenters. The van der Waals surface area contributed by atoms with Crippen molar-refractivity contribution in [3.8, 4) is 11.5 Å². The van der Waals surface area contributed by atoms with Crippen molar-refractivity contribution in [2.45, 2.75) is 39.6 Å². The largest absolute Gasteiger partial charge is 0.496 e. The van der Waals surface area contributed by atoms with Crippen LogP contribution in [0.1, 0.15) is 54.1 Å². The molecule has 5 N–H and O–H groups in total. The quantitative estimate of drug-likeness (QED) is 0.0388. The lowest BCUT2D eigenvalue weighted by atomic mass is 10.0.